The van der Waals surface area contributed by atoms with Gasteiger partial charge in [-0.3, -0.25) is 9.48 Å². The molecule has 5 nitrogen and oxygen atoms in total. The van der Waals surface area contributed by atoms with Gasteiger partial charge >= 0.3 is 0 Å². The molecule has 0 aliphatic carbocycles. The van der Waals surface area contributed by atoms with Crippen molar-refractivity contribution >= 4 is 5.91 Å². The molecule has 1 aromatic heterocycles. The van der Waals surface area contributed by atoms with Crippen LogP contribution in [0.2, 0.25) is 0 Å². The highest BCUT2D eigenvalue weighted by Crippen LogP contribution is 2.02. The normalized spacial score (nSPS) is 16.4. The summed E-state index contributed by atoms with van der Waals surface area (Å²) in [5.41, 5.74) is 1.48. The molecule has 2 heterocycles. The second kappa shape index (κ2) is 3.42. The van der Waals surface area contributed by atoms with Gasteiger partial charge in [-0.2, -0.15) is 5.10 Å². The highest BCUT2D eigenvalue weighted by atomic mass is 16.2. The van der Waals surface area contributed by atoms with Gasteiger partial charge in [0.25, 0.3) is 5.91 Å². The van der Waals surface area contributed by atoms with Crippen molar-refractivity contribution in [1.82, 2.24) is 20.4 Å². The Kier molecular flexibility index (Phi) is 2.25. The molecule has 1 aliphatic rings. The maximum atomic E-state index is 11.6. The van der Waals surface area contributed by atoms with Gasteiger partial charge in [-0.15, -0.1) is 0 Å². The van der Waals surface area contributed by atoms with Crippen LogP contribution in [0.5, 0.6) is 0 Å². The molecule has 1 aliphatic heterocycles. The lowest BCUT2D eigenvalue weighted by atomic mass is 10.2. The molecule has 1 amide bonds. The van der Waals surface area contributed by atoms with Gasteiger partial charge in [0, 0.05) is 25.8 Å². The number of hydrogen-bond acceptors (Lipinski definition) is 3. The predicted octanol–water partition coefficient (Wildman–Crippen LogP) is -0.570. The molecule has 0 unspecified atom stereocenters. The lowest BCUT2D eigenvalue weighted by Gasteiger charge is -2.27. The second-order valence-corrected chi connectivity index (χ2v) is 3.62. The van der Waals surface area contributed by atoms with Crippen molar-refractivity contribution in [1.29, 1.82) is 0 Å². The van der Waals surface area contributed by atoms with Crippen molar-refractivity contribution in [2.75, 3.05) is 13.1 Å². The Morgan fingerprint density at radius 1 is 1.71 bits per heavy atom. The standard InChI is InChI=1S/C9H14N4O/c1-6-3-8(12-13(6)2)9(14)11-7-4-10-5-7/h3,7,10H,4-5H2,1-2H3,(H,11,14). The number of nitrogens with one attached hydrogen (secondary N) is 2. The number of carbonyl (C=O) groups is 1. The summed E-state index contributed by atoms with van der Waals surface area (Å²) in [5, 5.41) is 10.1. The summed E-state index contributed by atoms with van der Waals surface area (Å²) in [4.78, 5) is 11.6. The Morgan fingerprint density at radius 3 is 2.86 bits per heavy atom. The number of amides is 1. The molecule has 1 fully saturated rings. The summed E-state index contributed by atoms with van der Waals surface area (Å²) in [5.74, 6) is -0.0831. The summed E-state index contributed by atoms with van der Waals surface area (Å²) in [6, 6.07) is 2.06. The van der Waals surface area contributed by atoms with E-state index in [1.807, 2.05) is 14.0 Å². The highest BCUT2D eigenvalue weighted by Gasteiger charge is 2.20. The molecule has 5 heteroatoms. The first-order chi connectivity index (χ1) is 6.66. The Labute approximate surface area is 82.5 Å². The Morgan fingerprint density at radius 2 is 2.43 bits per heavy atom. The molecule has 0 radical (unpaired) electrons. The van der Waals surface area contributed by atoms with Gasteiger partial charge in [0.05, 0.1) is 6.04 Å². The maximum absolute atomic E-state index is 11.6. The smallest absolute Gasteiger partial charge is 0.272 e. The minimum absolute atomic E-state index is 0.0831. The minimum atomic E-state index is -0.0831. The maximum Gasteiger partial charge on any atom is 0.272 e. The fourth-order valence-corrected chi connectivity index (χ4v) is 1.32. The van der Waals surface area contributed by atoms with Crippen LogP contribution in [0.1, 0.15) is 16.2 Å². The number of hydrogen-bond donors (Lipinski definition) is 2. The van der Waals surface area contributed by atoms with Crippen molar-refractivity contribution < 1.29 is 4.79 Å². The van der Waals surface area contributed by atoms with Crippen molar-refractivity contribution in [2.45, 2.75) is 13.0 Å². The molecule has 0 saturated carbocycles. The van der Waals surface area contributed by atoms with E-state index in [0.717, 1.165) is 18.8 Å². The SMILES string of the molecule is Cc1cc(C(=O)NC2CNC2)nn1C. The first kappa shape index (κ1) is 9.21. The number of rotatable bonds is 2. The van der Waals surface area contributed by atoms with Crippen molar-refractivity contribution in [2.24, 2.45) is 7.05 Å². The summed E-state index contributed by atoms with van der Waals surface area (Å²) in [7, 11) is 1.83. The third kappa shape index (κ3) is 1.63. The molecule has 76 valence electrons. The van der Waals surface area contributed by atoms with Crippen molar-refractivity contribution in [3.05, 3.63) is 17.5 Å². The van der Waals surface area contributed by atoms with E-state index in [4.69, 9.17) is 0 Å². The molecule has 2 rings (SSSR count). The van der Waals surface area contributed by atoms with Crippen LogP contribution in [0.15, 0.2) is 6.07 Å². The van der Waals surface area contributed by atoms with Gasteiger partial charge in [0.15, 0.2) is 0 Å². The Hall–Kier alpha value is -1.36. The summed E-state index contributed by atoms with van der Waals surface area (Å²) < 4.78 is 1.70. The van der Waals surface area contributed by atoms with Crippen LogP contribution in [-0.2, 0) is 7.05 Å². The van der Waals surface area contributed by atoms with Crippen LogP contribution < -0.4 is 10.6 Å². The fraction of sp³-hybridized carbons (Fsp3) is 0.556. The van der Waals surface area contributed by atoms with Crippen LogP contribution in [0, 0.1) is 6.92 Å². The highest BCUT2D eigenvalue weighted by molar-refractivity contribution is 5.92. The van der Waals surface area contributed by atoms with Crippen LogP contribution in [-0.4, -0.2) is 34.8 Å². The third-order valence-corrected chi connectivity index (χ3v) is 2.46. The lowest BCUT2D eigenvalue weighted by molar-refractivity contribution is 0.0918. The molecular formula is C9H14N4O. The molecule has 0 aromatic carbocycles. The van der Waals surface area contributed by atoms with Crippen LogP contribution in [0.25, 0.3) is 0 Å². The zero-order valence-corrected chi connectivity index (χ0v) is 8.37. The monoisotopic (exact) mass is 194 g/mol. The first-order valence-electron chi connectivity index (χ1n) is 4.69. The summed E-state index contributed by atoms with van der Waals surface area (Å²) in [6.07, 6.45) is 0. The van der Waals surface area contributed by atoms with Gasteiger partial charge in [0.1, 0.15) is 5.69 Å². The van der Waals surface area contributed by atoms with Crippen LogP contribution in [0.3, 0.4) is 0 Å². The lowest BCUT2D eigenvalue weighted by Crippen LogP contribution is -2.57. The average molecular weight is 194 g/mol. The zero-order chi connectivity index (χ0) is 10.1. The molecule has 0 atom stereocenters. The van der Waals surface area contributed by atoms with E-state index in [1.165, 1.54) is 0 Å². The number of aromatic nitrogens is 2. The van der Waals surface area contributed by atoms with E-state index in [0.29, 0.717) is 5.69 Å². The molecule has 14 heavy (non-hydrogen) atoms. The summed E-state index contributed by atoms with van der Waals surface area (Å²) in [6.45, 7) is 3.64. The molecule has 1 saturated heterocycles. The minimum Gasteiger partial charge on any atom is -0.345 e. The van der Waals surface area contributed by atoms with E-state index in [-0.39, 0.29) is 11.9 Å². The van der Waals surface area contributed by atoms with E-state index >= 15 is 0 Å². The van der Waals surface area contributed by atoms with Gasteiger partial charge < -0.3 is 10.6 Å². The van der Waals surface area contributed by atoms with Crippen LogP contribution >= 0.6 is 0 Å². The fourth-order valence-electron chi connectivity index (χ4n) is 1.32. The second-order valence-electron chi connectivity index (χ2n) is 3.62. The number of aryl methyl sites for hydroxylation is 2. The van der Waals surface area contributed by atoms with E-state index in [9.17, 15) is 4.79 Å². The van der Waals surface area contributed by atoms with Crippen molar-refractivity contribution in [3.8, 4) is 0 Å². The van der Waals surface area contributed by atoms with E-state index in [1.54, 1.807) is 10.7 Å². The Balaban J connectivity index is 2.02. The molecule has 0 spiro atoms. The largest absolute Gasteiger partial charge is 0.345 e. The molecule has 2 N–H and O–H groups in total. The van der Waals surface area contributed by atoms with Gasteiger partial charge in [-0.05, 0) is 13.0 Å². The number of nitrogens with zero attached hydrogens (tertiary/aromatic N) is 2. The number of carbonyl (C=O) groups excluding carboxylic acids is 1. The molecule has 1 aromatic rings. The Bertz CT molecular complexity index is 334. The topological polar surface area (TPSA) is 59.0 Å². The first-order valence-corrected chi connectivity index (χ1v) is 4.69. The van der Waals surface area contributed by atoms with Gasteiger partial charge in [0.2, 0.25) is 0 Å². The predicted molar refractivity (Wildman–Crippen MR) is 52.1 cm³/mol. The molecular weight excluding hydrogens is 180 g/mol. The van der Waals surface area contributed by atoms with E-state index < -0.39 is 0 Å². The van der Waals surface area contributed by atoms with Crippen molar-refractivity contribution in [3.63, 3.8) is 0 Å². The third-order valence-electron chi connectivity index (χ3n) is 2.46. The average Bonchev–Trinajstić information content (AvgIpc) is 2.40. The summed E-state index contributed by atoms with van der Waals surface area (Å²) >= 11 is 0. The van der Waals surface area contributed by atoms with E-state index in [2.05, 4.69) is 15.7 Å². The van der Waals surface area contributed by atoms with Gasteiger partial charge in [-0.1, -0.05) is 0 Å². The van der Waals surface area contributed by atoms with Gasteiger partial charge in [-0.25, -0.2) is 0 Å². The van der Waals surface area contributed by atoms with Crippen LogP contribution in [0.4, 0.5) is 0 Å². The zero-order valence-electron chi connectivity index (χ0n) is 8.37. The quantitative estimate of drug-likeness (QED) is 0.663. The molecule has 0 bridgehead atoms.